The second-order valence-corrected chi connectivity index (χ2v) is 11.1. The number of aromatic nitrogens is 1. The van der Waals surface area contributed by atoms with E-state index in [4.69, 9.17) is 4.74 Å². The largest absolute Gasteiger partial charge is 0.482 e. The summed E-state index contributed by atoms with van der Waals surface area (Å²) in [6, 6.07) is 21.9. The highest BCUT2D eigenvalue weighted by molar-refractivity contribution is 5.99. The minimum Gasteiger partial charge on any atom is -0.482 e. The van der Waals surface area contributed by atoms with E-state index in [0.717, 1.165) is 33.3 Å². The maximum atomic E-state index is 13.2. The van der Waals surface area contributed by atoms with Gasteiger partial charge in [0.2, 0.25) is 0 Å². The van der Waals surface area contributed by atoms with Crippen molar-refractivity contribution < 1.29 is 19.1 Å². The summed E-state index contributed by atoms with van der Waals surface area (Å²) in [7, 11) is 1.34. The molecule has 1 atom stereocenters. The fraction of sp³-hybridized carbons (Fsp3) is 0.333. The van der Waals surface area contributed by atoms with Crippen molar-refractivity contribution in [2.24, 2.45) is 0 Å². The molecular weight excluding hydrogens is 488 g/mol. The third-order valence-electron chi connectivity index (χ3n) is 7.35. The number of amides is 1. The number of fused-ring (bicyclic) bond motifs is 1. The van der Waals surface area contributed by atoms with E-state index in [-0.39, 0.29) is 24.0 Å². The Morgan fingerprint density at radius 3 is 2.36 bits per heavy atom. The number of nitrogens with zero attached hydrogens (tertiary/aromatic N) is 1. The number of benzene rings is 3. The molecule has 0 saturated heterocycles. The summed E-state index contributed by atoms with van der Waals surface area (Å²) >= 11 is 0. The lowest BCUT2D eigenvalue weighted by Crippen LogP contribution is -2.26. The van der Waals surface area contributed by atoms with Gasteiger partial charge in [-0.05, 0) is 78.8 Å². The molecule has 0 bridgehead atoms. The van der Waals surface area contributed by atoms with Gasteiger partial charge >= 0.3 is 5.97 Å². The molecule has 0 aliphatic rings. The second kappa shape index (κ2) is 11.4. The minimum absolute atomic E-state index is 0.0912. The van der Waals surface area contributed by atoms with Crippen LogP contribution < -0.4 is 10.1 Å². The lowest BCUT2D eigenvalue weighted by atomic mass is 9.86. The van der Waals surface area contributed by atoms with Gasteiger partial charge in [0.1, 0.15) is 5.75 Å². The Morgan fingerprint density at radius 2 is 1.69 bits per heavy atom. The molecule has 4 aromatic rings. The Kier molecular flexibility index (Phi) is 8.14. The topological polar surface area (TPSA) is 69.6 Å². The zero-order valence-corrected chi connectivity index (χ0v) is 23.9. The standard InChI is InChI=1S/C33H38N2O4/c1-21-23(3)35(19-24-9-8-10-28(17-24)39-20-31(36)38-7)30-16-13-26(18-29(21)30)32(37)34-22(2)25-11-14-27(15-12-25)33(4,5)6/h8-18,22H,19-20H2,1-7H3,(H,34,37). The van der Waals surface area contributed by atoms with Crippen LogP contribution >= 0.6 is 0 Å². The van der Waals surface area contributed by atoms with Crippen LogP contribution in [0.5, 0.6) is 5.75 Å². The fourth-order valence-electron chi connectivity index (χ4n) is 4.75. The summed E-state index contributed by atoms with van der Waals surface area (Å²) in [6.07, 6.45) is 0. The highest BCUT2D eigenvalue weighted by Gasteiger charge is 2.18. The van der Waals surface area contributed by atoms with Crippen LogP contribution in [-0.4, -0.2) is 30.2 Å². The molecule has 39 heavy (non-hydrogen) atoms. The number of hydrogen-bond donors (Lipinski definition) is 1. The van der Waals surface area contributed by atoms with E-state index < -0.39 is 5.97 Å². The van der Waals surface area contributed by atoms with E-state index in [2.05, 4.69) is 73.5 Å². The SMILES string of the molecule is COC(=O)COc1cccc(Cn2c(C)c(C)c3cc(C(=O)NC(C)c4ccc(C(C)(C)C)cc4)ccc32)c1. The van der Waals surface area contributed by atoms with Crippen molar-refractivity contribution in [3.63, 3.8) is 0 Å². The van der Waals surface area contributed by atoms with Gasteiger partial charge in [-0.3, -0.25) is 4.79 Å². The summed E-state index contributed by atoms with van der Waals surface area (Å²) in [4.78, 5) is 24.6. The number of rotatable bonds is 8. The molecule has 4 rings (SSSR count). The van der Waals surface area contributed by atoms with Crippen molar-refractivity contribution in [2.75, 3.05) is 13.7 Å². The maximum absolute atomic E-state index is 13.2. The van der Waals surface area contributed by atoms with Gasteiger partial charge in [-0.25, -0.2) is 4.79 Å². The summed E-state index contributed by atoms with van der Waals surface area (Å²) in [5.41, 5.74) is 7.46. The van der Waals surface area contributed by atoms with Crippen LogP contribution in [0.3, 0.4) is 0 Å². The van der Waals surface area contributed by atoms with Gasteiger partial charge in [-0.1, -0.05) is 57.2 Å². The molecule has 0 saturated carbocycles. The molecule has 6 heteroatoms. The van der Waals surface area contributed by atoms with Gasteiger partial charge in [0.15, 0.2) is 6.61 Å². The number of nitrogens with one attached hydrogen (secondary N) is 1. The van der Waals surface area contributed by atoms with Gasteiger partial charge in [-0.15, -0.1) is 0 Å². The average molecular weight is 527 g/mol. The zero-order chi connectivity index (χ0) is 28.3. The highest BCUT2D eigenvalue weighted by atomic mass is 16.6. The number of hydrogen-bond acceptors (Lipinski definition) is 4. The lowest BCUT2D eigenvalue weighted by molar-refractivity contribution is -0.142. The van der Waals surface area contributed by atoms with Gasteiger partial charge in [0, 0.05) is 28.7 Å². The molecule has 0 aliphatic heterocycles. The zero-order valence-electron chi connectivity index (χ0n) is 23.9. The van der Waals surface area contributed by atoms with Gasteiger partial charge in [0.05, 0.1) is 13.2 Å². The summed E-state index contributed by atoms with van der Waals surface area (Å²) in [5, 5.41) is 4.21. The number of ether oxygens (including phenoxy) is 2. The molecular formula is C33H38N2O4. The van der Waals surface area contributed by atoms with Gasteiger partial charge in [0.25, 0.3) is 5.91 Å². The molecule has 204 valence electrons. The lowest BCUT2D eigenvalue weighted by Gasteiger charge is -2.21. The first-order valence-electron chi connectivity index (χ1n) is 13.3. The van der Waals surface area contributed by atoms with E-state index >= 15 is 0 Å². The smallest absolute Gasteiger partial charge is 0.343 e. The predicted octanol–water partition coefficient (Wildman–Crippen LogP) is 6.65. The molecule has 1 heterocycles. The normalized spacial score (nSPS) is 12.3. The first-order valence-corrected chi connectivity index (χ1v) is 13.3. The van der Waals surface area contributed by atoms with Crippen LogP contribution in [0.4, 0.5) is 0 Å². The van der Waals surface area contributed by atoms with E-state index in [1.807, 2.05) is 49.4 Å². The molecule has 1 aromatic heterocycles. The molecule has 6 nitrogen and oxygen atoms in total. The third-order valence-corrected chi connectivity index (χ3v) is 7.35. The first-order chi connectivity index (χ1) is 18.5. The van der Waals surface area contributed by atoms with E-state index in [1.54, 1.807) is 0 Å². The number of esters is 1. The molecule has 0 fully saturated rings. The number of carbonyl (C=O) groups is 2. The van der Waals surface area contributed by atoms with Crippen molar-refractivity contribution in [3.8, 4) is 5.75 Å². The van der Waals surface area contributed by atoms with Crippen LogP contribution in [0.1, 0.15) is 72.0 Å². The van der Waals surface area contributed by atoms with Crippen LogP contribution in [0.2, 0.25) is 0 Å². The van der Waals surface area contributed by atoms with Gasteiger partial charge in [-0.2, -0.15) is 0 Å². The third kappa shape index (κ3) is 6.33. The van der Waals surface area contributed by atoms with Crippen LogP contribution in [-0.2, 0) is 21.5 Å². The van der Waals surface area contributed by atoms with Crippen molar-refractivity contribution in [2.45, 2.75) is 59.5 Å². The second-order valence-electron chi connectivity index (χ2n) is 11.1. The monoisotopic (exact) mass is 526 g/mol. The molecule has 0 aliphatic carbocycles. The van der Waals surface area contributed by atoms with E-state index in [1.165, 1.54) is 12.7 Å². The summed E-state index contributed by atoms with van der Waals surface area (Å²) < 4.78 is 12.5. The molecule has 1 unspecified atom stereocenters. The minimum atomic E-state index is -0.420. The molecule has 0 spiro atoms. The van der Waals surface area contributed by atoms with Crippen LogP contribution in [0.25, 0.3) is 10.9 Å². The Hall–Kier alpha value is -4.06. The van der Waals surface area contributed by atoms with Crippen LogP contribution in [0.15, 0.2) is 66.7 Å². The van der Waals surface area contributed by atoms with Crippen molar-refractivity contribution in [3.05, 3.63) is 100 Å². The summed E-state index contributed by atoms with van der Waals surface area (Å²) in [6.45, 7) is 13.3. The quantitative estimate of drug-likeness (QED) is 0.261. The van der Waals surface area contributed by atoms with Crippen molar-refractivity contribution >= 4 is 22.8 Å². The highest BCUT2D eigenvalue weighted by Crippen LogP contribution is 2.29. The predicted molar refractivity (Wildman–Crippen MR) is 155 cm³/mol. The Labute approximate surface area is 230 Å². The average Bonchev–Trinajstić information content (AvgIpc) is 3.15. The molecule has 1 amide bonds. The van der Waals surface area contributed by atoms with Crippen LogP contribution in [0, 0.1) is 13.8 Å². The Bertz CT molecular complexity index is 1490. The van der Waals surface area contributed by atoms with Gasteiger partial charge < -0.3 is 19.4 Å². The van der Waals surface area contributed by atoms with Crippen molar-refractivity contribution in [1.82, 2.24) is 9.88 Å². The Morgan fingerprint density at radius 1 is 0.974 bits per heavy atom. The maximum Gasteiger partial charge on any atom is 0.343 e. The molecule has 0 radical (unpaired) electrons. The number of aryl methyl sites for hydroxylation is 1. The molecule has 3 aromatic carbocycles. The fourth-order valence-corrected chi connectivity index (χ4v) is 4.75. The van der Waals surface area contributed by atoms with E-state index in [0.29, 0.717) is 17.9 Å². The summed E-state index contributed by atoms with van der Waals surface area (Å²) in [5.74, 6) is 0.102. The Balaban J connectivity index is 1.52. The van der Waals surface area contributed by atoms with Crippen molar-refractivity contribution in [1.29, 1.82) is 0 Å². The number of methoxy groups -OCH3 is 1. The molecule has 1 N–H and O–H groups in total. The number of carbonyl (C=O) groups excluding carboxylic acids is 2. The van der Waals surface area contributed by atoms with E-state index in [9.17, 15) is 9.59 Å². The first kappa shape index (κ1) is 28.0.